The highest BCUT2D eigenvalue weighted by Gasteiger charge is 2.26. The molecule has 0 bridgehead atoms. The van der Waals surface area contributed by atoms with Crippen LogP contribution in [0.1, 0.15) is 35.4 Å². The van der Waals surface area contributed by atoms with E-state index in [9.17, 15) is 4.79 Å². The summed E-state index contributed by atoms with van der Waals surface area (Å²) in [7, 11) is 0. The second-order valence-corrected chi connectivity index (χ2v) is 7.25. The van der Waals surface area contributed by atoms with E-state index < -0.39 is 0 Å². The van der Waals surface area contributed by atoms with Gasteiger partial charge in [-0.1, -0.05) is 35.2 Å². The van der Waals surface area contributed by atoms with Gasteiger partial charge < -0.3 is 4.90 Å². The van der Waals surface area contributed by atoms with E-state index in [1.54, 1.807) is 23.1 Å². The van der Waals surface area contributed by atoms with Crippen molar-refractivity contribution >= 4 is 17.7 Å². The van der Waals surface area contributed by atoms with Gasteiger partial charge in [0.15, 0.2) is 10.9 Å². The van der Waals surface area contributed by atoms with Crippen LogP contribution in [-0.4, -0.2) is 48.9 Å². The lowest BCUT2D eigenvalue weighted by atomic mass is 10.1. The zero-order valence-electron chi connectivity index (χ0n) is 14.9. The van der Waals surface area contributed by atoms with Crippen LogP contribution in [-0.2, 0) is 5.75 Å². The fraction of sp³-hybridized carbons (Fsp3) is 0.316. The quantitative estimate of drug-likeness (QED) is 0.500. The molecule has 1 aliphatic rings. The van der Waals surface area contributed by atoms with Gasteiger partial charge in [-0.2, -0.15) is 0 Å². The van der Waals surface area contributed by atoms with Gasteiger partial charge in [0.1, 0.15) is 0 Å². The lowest BCUT2D eigenvalue weighted by Gasteiger charge is -2.26. The van der Waals surface area contributed by atoms with Crippen molar-refractivity contribution in [1.82, 2.24) is 29.9 Å². The summed E-state index contributed by atoms with van der Waals surface area (Å²) < 4.78 is 1.74. The van der Waals surface area contributed by atoms with Crippen molar-refractivity contribution in [2.75, 3.05) is 13.1 Å². The first-order valence-corrected chi connectivity index (χ1v) is 10.0. The van der Waals surface area contributed by atoms with Crippen LogP contribution >= 0.6 is 11.8 Å². The third-order valence-electron chi connectivity index (χ3n) is 4.49. The van der Waals surface area contributed by atoms with Gasteiger partial charge in [-0.25, -0.2) is 14.6 Å². The van der Waals surface area contributed by atoms with Crippen molar-refractivity contribution in [3.63, 3.8) is 0 Å². The molecule has 1 fully saturated rings. The molecular formula is C19H20N6OS. The number of amides is 1. The maximum atomic E-state index is 13.0. The van der Waals surface area contributed by atoms with Crippen molar-refractivity contribution in [2.24, 2.45) is 0 Å². The first-order chi connectivity index (χ1) is 13.3. The van der Waals surface area contributed by atoms with Crippen LogP contribution < -0.4 is 0 Å². The van der Waals surface area contributed by atoms with E-state index in [-0.39, 0.29) is 5.91 Å². The first-order valence-electron chi connectivity index (χ1n) is 9.02. The minimum atomic E-state index is -0.0403. The predicted molar refractivity (Wildman–Crippen MR) is 103 cm³/mol. The molecule has 1 aromatic carbocycles. The number of aromatic nitrogens is 5. The first kappa shape index (κ1) is 17.7. The fourth-order valence-electron chi connectivity index (χ4n) is 3.11. The molecule has 1 aliphatic heterocycles. The van der Waals surface area contributed by atoms with Gasteiger partial charge in [0.25, 0.3) is 5.91 Å². The Morgan fingerprint density at radius 2 is 1.74 bits per heavy atom. The van der Waals surface area contributed by atoms with Gasteiger partial charge in [-0.3, -0.25) is 4.79 Å². The molecule has 138 valence electrons. The second-order valence-electron chi connectivity index (χ2n) is 6.30. The van der Waals surface area contributed by atoms with Gasteiger partial charge in [0.05, 0.1) is 11.4 Å². The fourth-order valence-corrected chi connectivity index (χ4v) is 3.91. The molecule has 8 heteroatoms. The number of thioether (sulfide) groups is 1. The van der Waals surface area contributed by atoms with E-state index in [1.807, 2.05) is 35.2 Å². The molecule has 0 atom stereocenters. The van der Waals surface area contributed by atoms with E-state index in [1.165, 1.54) is 18.2 Å². The molecule has 3 aromatic rings. The topological polar surface area (TPSA) is 76.8 Å². The van der Waals surface area contributed by atoms with E-state index in [0.29, 0.717) is 16.6 Å². The third kappa shape index (κ3) is 4.00. The van der Waals surface area contributed by atoms with Crippen LogP contribution in [0.2, 0.25) is 0 Å². The van der Waals surface area contributed by atoms with E-state index in [2.05, 4.69) is 20.3 Å². The van der Waals surface area contributed by atoms with Crippen LogP contribution in [0, 0.1) is 0 Å². The summed E-state index contributed by atoms with van der Waals surface area (Å²) >= 11 is 1.47. The normalized spacial score (nSPS) is 14.3. The van der Waals surface area contributed by atoms with Gasteiger partial charge in [0, 0.05) is 31.2 Å². The van der Waals surface area contributed by atoms with Gasteiger partial charge >= 0.3 is 0 Å². The summed E-state index contributed by atoms with van der Waals surface area (Å²) in [4.78, 5) is 23.4. The Kier molecular flexibility index (Phi) is 5.43. The minimum absolute atomic E-state index is 0.0403. The number of carbonyl (C=O) groups is 1. The lowest BCUT2D eigenvalue weighted by molar-refractivity contribution is 0.0717. The number of rotatable bonds is 5. The zero-order chi connectivity index (χ0) is 18.5. The summed E-state index contributed by atoms with van der Waals surface area (Å²) in [6, 6.07) is 11.5. The van der Waals surface area contributed by atoms with Crippen molar-refractivity contribution < 1.29 is 4.79 Å². The molecule has 7 nitrogen and oxygen atoms in total. The van der Waals surface area contributed by atoms with E-state index in [4.69, 9.17) is 0 Å². The Balaban J connectivity index is 1.65. The summed E-state index contributed by atoms with van der Waals surface area (Å²) in [5.74, 6) is 0.474. The SMILES string of the molecule is O=C(c1nnn(-c2ccccc2)c1CSc1ncccn1)N1CCCCC1. The molecule has 0 unspecified atom stereocenters. The molecule has 2 aromatic heterocycles. The molecule has 27 heavy (non-hydrogen) atoms. The Morgan fingerprint density at radius 1 is 1.00 bits per heavy atom. The smallest absolute Gasteiger partial charge is 0.276 e. The van der Waals surface area contributed by atoms with Gasteiger partial charge in [0.2, 0.25) is 0 Å². The van der Waals surface area contributed by atoms with E-state index in [0.717, 1.165) is 37.3 Å². The average Bonchev–Trinajstić information content (AvgIpc) is 3.17. The van der Waals surface area contributed by atoms with Crippen LogP contribution in [0.25, 0.3) is 5.69 Å². The number of benzene rings is 1. The van der Waals surface area contributed by atoms with Gasteiger partial charge in [-0.05, 0) is 37.5 Å². The summed E-state index contributed by atoms with van der Waals surface area (Å²) in [6.07, 6.45) is 6.68. The number of hydrogen-bond donors (Lipinski definition) is 0. The molecule has 1 amide bonds. The Hall–Kier alpha value is -2.74. The molecule has 0 aliphatic carbocycles. The Labute approximate surface area is 161 Å². The second kappa shape index (κ2) is 8.30. The molecule has 1 saturated heterocycles. The molecule has 0 radical (unpaired) electrons. The minimum Gasteiger partial charge on any atom is -0.337 e. The van der Waals surface area contributed by atoms with Gasteiger partial charge in [-0.15, -0.1) is 5.10 Å². The molecule has 0 spiro atoms. The highest BCUT2D eigenvalue weighted by molar-refractivity contribution is 7.98. The highest BCUT2D eigenvalue weighted by atomic mass is 32.2. The van der Waals surface area contributed by atoms with Crippen molar-refractivity contribution in [3.8, 4) is 5.69 Å². The number of carbonyl (C=O) groups excluding carboxylic acids is 1. The molecule has 4 rings (SSSR count). The summed E-state index contributed by atoms with van der Waals surface area (Å²) in [5, 5.41) is 9.19. The number of hydrogen-bond acceptors (Lipinski definition) is 6. The molecule has 0 N–H and O–H groups in total. The number of nitrogens with zero attached hydrogens (tertiary/aromatic N) is 6. The zero-order valence-corrected chi connectivity index (χ0v) is 15.7. The monoisotopic (exact) mass is 380 g/mol. The highest BCUT2D eigenvalue weighted by Crippen LogP contribution is 2.24. The third-order valence-corrected chi connectivity index (χ3v) is 5.38. The maximum Gasteiger partial charge on any atom is 0.276 e. The summed E-state index contributed by atoms with van der Waals surface area (Å²) in [6.45, 7) is 1.57. The summed E-state index contributed by atoms with van der Waals surface area (Å²) in [5.41, 5.74) is 2.07. The average molecular weight is 380 g/mol. The van der Waals surface area contributed by atoms with E-state index >= 15 is 0 Å². The largest absolute Gasteiger partial charge is 0.337 e. The van der Waals surface area contributed by atoms with Crippen molar-refractivity contribution in [1.29, 1.82) is 0 Å². The molecule has 3 heterocycles. The standard InChI is InChI=1S/C19H20N6OS/c26-18(24-12-5-2-6-13-24)17-16(14-27-19-20-10-7-11-21-19)25(23-22-17)15-8-3-1-4-9-15/h1,3-4,7-11H,2,5-6,12-14H2. The van der Waals surface area contributed by atoms with Crippen LogP contribution in [0.3, 0.4) is 0 Å². The lowest BCUT2D eigenvalue weighted by Crippen LogP contribution is -2.36. The Morgan fingerprint density at radius 3 is 2.48 bits per heavy atom. The van der Waals surface area contributed by atoms with Crippen LogP contribution in [0.15, 0.2) is 53.9 Å². The molecule has 0 saturated carbocycles. The number of piperidine rings is 1. The van der Waals surface area contributed by atoms with Crippen molar-refractivity contribution in [3.05, 3.63) is 60.2 Å². The Bertz CT molecular complexity index is 893. The molecular weight excluding hydrogens is 360 g/mol. The number of para-hydroxylation sites is 1. The van der Waals surface area contributed by atoms with Crippen molar-refractivity contribution in [2.45, 2.75) is 30.2 Å². The van der Waals surface area contributed by atoms with Crippen LogP contribution in [0.4, 0.5) is 0 Å². The van der Waals surface area contributed by atoms with Crippen LogP contribution in [0.5, 0.6) is 0 Å². The predicted octanol–water partition coefficient (Wildman–Crippen LogP) is 2.98. The number of likely N-dealkylation sites (tertiary alicyclic amines) is 1. The maximum absolute atomic E-state index is 13.0.